The fourth-order valence-corrected chi connectivity index (χ4v) is 2.74. The Morgan fingerprint density at radius 3 is 2.38 bits per heavy atom. The lowest BCUT2D eigenvalue weighted by atomic mass is 10.0. The minimum absolute atomic E-state index is 0.00796. The van der Waals surface area contributed by atoms with E-state index in [0.29, 0.717) is 6.42 Å². The van der Waals surface area contributed by atoms with Gasteiger partial charge in [0, 0.05) is 4.47 Å². The molecule has 0 fully saturated rings. The molecule has 0 spiro atoms. The number of aromatic carboxylic acids is 1. The summed E-state index contributed by atoms with van der Waals surface area (Å²) in [6, 6.07) is 3.08. The summed E-state index contributed by atoms with van der Waals surface area (Å²) >= 11 is 3.37. The predicted molar refractivity (Wildman–Crippen MR) is 84.9 cm³/mol. The molecular weight excluding hydrogens is 336 g/mol. The van der Waals surface area contributed by atoms with Gasteiger partial charge in [-0.05, 0) is 37.0 Å². The van der Waals surface area contributed by atoms with Crippen molar-refractivity contribution in [3.63, 3.8) is 0 Å². The quantitative estimate of drug-likeness (QED) is 0.733. The number of carboxylic acid groups (broad SMARTS) is 1. The number of carboxylic acids is 1. The molecule has 0 saturated carbocycles. The summed E-state index contributed by atoms with van der Waals surface area (Å²) < 4.78 is 6.15. The van der Waals surface area contributed by atoms with Gasteiger partial charge in [0.05, 0.1) is 11.1 Å². The van der Waals surface area contributed by atoms with Gasteiger partial charge < -0.3 is 9.84 Å². The van der Waals surface area contributed by atoms with Crippen molar-refractivity contribution in [1.82, 2.24) is 0 Å². The van der Waals surface area contributed by atoms with Crippen molar-refractivity contribution in [3.05, 3.63) is 33.3 Å². The Bertz CT molecular complexity index is 525. The first-order chi connectivity index (χ1) is 9.94. The smallest absolute Gasteiger partial charge is 0.339 e. The van der Waals surface area contributed by atoms with E-state index in [2.05, 4.69) is 15.9 Å². The van der Waals surface area contributed by atoms with Crippen LogP contribution < -0.4 is 0 Å². The monoisotopic (exact) mass is 356 g/mol. The van der Waals surface area contributed by atoms with Gasteiger partial charge in [-0.15, -0.1) is 0 Å². The Hall–Kier alpha value is -1.36. The topological polar surface area (TPSA) is 63.6 Å². The van der Waals surface area contributed by atoms with Crippen LogP contribution >= 0.6 is 15.9 Å². The number of halogens is 1. The molecule has 0 heterocycles. The molecule has 1 atom stereocenters. The van der Waals surface area contributed by atoms with E-state index >= 15 is 0 Å². The van der Waals surface area contributed by atoms with Crippen LogP contribution in [0.3, 0.4) is 0 Å². The number of rotatable bonds is 7. The Morgan fingerprint density at radius 1 is 1.24 bits per heavy atom. The molecule has 0 bridgehead atoms. The summed E-state index contributed by atoms with van der Waals surface area (Å²) in [5.74, 6) is -1.69. The van der Waals surface area contributed by atoms with E-state index in [1.165, 1.54) is 6.07 Å². The van der Waals surface area contributed by atoms with Crippen LogP contribution in [0.15, 0.2) is 16.6 Å². The molecule has 1 aromatic rings. The van der Waals surface area contributed by atoms with Gasteiger partial charge in [-0.25, -0.2) is 9.59 Å². The highest BCUT2D eigenvalue weighted by molar-refractivity contribution is 9.10. The zero-order valence-electron chi connectivity index (χ0n) is 12.6. The lowest BCUT2D eigenvalue weighted by molar-refractivity contribution is 0.0266. The highest BCUT2D eigenvalue weighted by atomic mass is 79.9. The third-order valence-corrected chi connectivity index (χ3v) is 4.10. The third kappa shape index (κ3) is 4.56. The predicted octanol–water partition coefficient (Wildman–Crippen LogP) is 4.45. The van der Waals surface area contributed by atoms with Gasteiger partial charge in [0.25, 0.3) is 0 Å². The van der Waals surface area contributed by atoms with E-state index in [1.54, 1.807) is 6.07 Å². The van der Waals surface area contributed by atoms with Crippen molar-refractivity contribution in [2.75, 3.05) is 0 Å². The summed E-state index contributed by atoms with van der Waals surface area (Å²) in [5, 5.41) is 9.30. The van der Waals surface area contributed by atoms with Crippen LogP contribution in [0.1, 0.15) is 66.3 Å². The fourth-order valence-electron chi connectivity index (χ4n) is 2.12. The molecule has 21 heavy (non-hydrogen) atoms. The van der Waals surface area contributed by atoms with E-state index in [0.717, 1.165) is 29.3 Å². The second-order valence-electron chi connectivity index (χ2n) is 4.87. The maximum Gasteiger partial charge on any atom is 0.339 e. The first-order valence-electron chi connectivity index (χ1n) is 7.21. The number of aryl methyl sites for hydroxylation is 1. The Balaban J connectivity index is 3.13. The fraction of sp³-hybridized carbons (Fsp3) is 0.500. The van der Waals surface area contributed by atoms with Gasteiger partial charge >= 0.3 is 11.9 Å². The highest BCUT2D eigenvalue weighted by Crippen LogP contribution is 2.24. The van der Waals surface area contributed by atoms with Crippen molar-refractivity contribution < 1.29 is 19.4 Å². The molecule has 4 nitrogen and oxygen atoms in total. The molecule has 1 rings (SSSR count). The van der Waals surface area contributed by atoms with Crippen molar-refractivity contribution >= 4 is 27.9 Å². The number of carbonyl (C=O) groups excluding carboxylic acids is 1. The molecule has 0 aromatic heterocycles. The molecule has 0 saturated heterocycles. The molecule has 1 unspecified atom stereocenters. The van der Waals surface area contributed by atoms with E-state index in [4.69, 9.17) is 4.74 Å². The highest BCUT2D eigenvalue weighted by Gasteiger charge is 2.22. The number of hydrogen-bond donors (Lipinski definition) is 1. The van der Waals surface area contributed by atoms with Crippen molar-refractivity contribution in [3.8, 4) is 0 Å². The van der Waals surface area contributed by atoms with Crippen LogP contribution in [0.5, 0.6) is 0 Å². The van der Waals surface area contributed by atoms with Gasteiger partial charge in [-0.1, -0.05) is 43.1 Å². The van der Waals surface area contributed by atoms with Gasteiger partial charge in [0.2, 0.25) is 0 Å². The minimum Gasteiger partial charge on any atom is -0.478 e. The maximum absolute atomic E-state index is 12.3. The number of benzene rings is 1. The van der Waals surface area contributed by atoms with Crippen LogP contribution in [0.25, 0.3) is 0 Å². The van der Waals surface area contributed by atoms with E-state index in [-0.39, 0.29) is 17.2 Å². The van der Waals surface area contributed by atoms with Crippen LogP contribution in [0.2, 0.25) is 0 Å². The largest absolute Gasteiger partial charge is 0.478 e. The number of carbonyl (C=O) groups is 2. The van der Waals surface area contributed by atoms with Gasteiger partial charge in [0.15, 0.2) is 0 Å². The van der Waals surface area contributed by atoms with Gasteiger partial charge in [-0.3, -0.25) is 0 Å². The lowest BCUT2D eigenvalue weighted by Gasteiger charge is -2.17. The number of hydrogen-bond acceptors (Lipinski definition) is 3. The normalized spacial score (nSPS) is 12.0. The molecule has 5 heteroatoms. The Kier molecular flexibility index (Phi) is 6.89. The molecule has 0 aliphatic heterocycles. The van der Waals surface area contributed by atoms with Crippen molar-refractivity contribution in [2.24, 2.45) is 0 Å². The van der Waals surface area contributed by atoms with E-state index in [1.807, 2.05) is 20.8 Å². The van der Waals surface area contributed by atoms with Crippen molar-refractivity contribution in [1.29, 1.82) is 0 Å². The Morgan fingerprint density at radius 2 is 1.90 bits per heavy atom. The second kappa shape index (κ2) is 8.17. The SMILES string of the molecule is CCCC(CC)OC(=O)c1cc(Br)c(CC)cc1C(=O)O. The second-order valence-corrected chi connectivity index (χ2v) is 5.73. The molecule has 1 N–H and O–H groups in total. The van der Waals surface area contributed by atoms with Crippen LogP contribution in [0, 0.1) is 0 Å². The number of esters is 1. The van der Waals surface area contributed by atoms with E-state index in [9.17, 15) is 14.7 Å². The first kappa shape index (κ1) is 17.7. The molecular formula is C16H21BrO4. The Labute approximate surface area is 133 Å². The van der Waals surface area contributed by atoms with Gasteiger partial charge in [-0.2, -0.15) is 0 Å². The lowest BCUT2D eigenvalue weighted by Crippen LogP contribution is -2.20. The first-order valence-corrected chi connectivity index (χ1v) is 8.00. The summed E-state index contributed by atoms with van der Waals surface area (Å²) in [5.41, 5.74) is 0.942. The zero-order chi connectivity index (χ0) is 16.0. The van der Waals surface area contributed by atoms with Crippen LogP contribution in [0.4, 0.5) is 0 Å². The molecule has 0 aliphatic carbocycles. The summed E-state index contributed by atoms with van der Waals surface area (Å²) in [6.07, 6.45) is 2.92. The molecule has 116 valence electrons. The molecule has 0 amide bonds. The summed E-state index contributed by atoms with van der Waals surface area (Å²) in [6.45, 7) is 5.89. The number of ether oxygens (including phenoxy) is 1. The van der Waals surface area contributed by atoms with Crippen LogP contribution in [-0.4, -0.2) is 23.1 Å². The minimum atomic E-state index is -1.12. The van der Waals surface area contributed by atoms with Gasteiger partial charge in [0.1, 0.15) is 6.10 Å². The van der Waals surface area contributed by atoms with Crippen molar-refractivity contribution in [2.45, 2.75) is 52.6 Å². The standard InChI is InChI=1S/C16H21BrO4/c1-4-7-11(6-3)21-16(20)13-9-14(17)10(5-2)8-12(13)15(18)19/h8-9,11H,4-7H2,1-3H3,(H,18,19). The third-order valence-electron chi connectivity index (χ3n) is 3.36. The molecule has 0 radical (unpaired) electrons. The zero-order valence-corrected chi connectivity index (χ0v) is 14.2. The average Bonchev–Trinajstić information content (AvgIpc) is 2.45. The van der Waals surface area contributed by atoms with E-state index < -0.39 is 11.9 Å². The molecule has 0 aliphatic rings. The molecule has 1 aromatic carbocycles. The van der Waals surface area contributed by atoms with Crippen LogP contribution in [-0.2, 0) is 11.2 Å². The summed E-state index contributed by atoms with van der Waals surface area (Å²) in [7, 11) is 0. The average molecular weight is 357 g/mol. The summed E-state index contributed by atoms with van der Waals surface area (Å²) in [4.78, 5) is 23.6. The maximum atomic E-state index is 12.3.